The molecule has 1 aromatic rings. The summed E-state index contributed by atoms with van der Waals surface area (Å²) in [5.41, 5.74) is 0.314. The molecule has 0 radical (unpaired) electrons. The molecule has 1 fully saturated rings. The zero-order chi connectivity index (χ0) is 14.5. The molecular formula is C15H16ClNO3. The molecule has 4 nitrogen and oxygen atoms in total. The number of hydrogen-bond acceptors (Lipinski definition) is 4. The van der Waals surface area contributed by atoms with Crippen LogP contribution in [0.4, 0.5) is 0 Å². The second kappa shape index (κ2) is 6.66. The van der Waals surface area contributed by atoms with Crippen LogP contribution in [0.1, 0.15) is 30.1 Å². The molecule has 0 bridgehead atoms. The summed E-state index contributed by atoms with van der Waals surface area (Å²) in [6.07, 6.45) is 3.42. The van der Waals surface area contributed by atoms with Gasteiger partial charge >= 0.3 is 5.97 Å². The van der Waals surface area contributed by atoms with Crippen LogP contribution < -0.4 is 0 Å². The molecule has 0 amide bonds. The van der Waals surface area contributed by atoms with Crippen LogP contribution in [-0.4, -0.2) is 30.6 Å². The minimum Gasteiger partial charge on any atom is -0.465 e. The highest BCUT2D eigenvalue weighted by Gasteiger charge is 2.30. The highest BCUT2D eigenvalue weighted by molar-refractivity contribution is 6.35. The van der Waals surface area contributed by atoms with Crippen molar-refractivity contribution in [2.24, 2.45) is 10.9 Å². The van der Waals surface area contributed by atoms with Gasteiger partial charge in [-0.25, -0.2) is 0 Å². The van der Waals surface area contributed by atoms with E-state index in [0.29, 0.717) is 10.6 Å². The van der Waals surface area contributed by atoms with Crippen molar-refractivity contribution in [1.82, 2.24) is 0 Å². The van der Waals surface area contributed by atoms with Gasteiger partial charge in [0, 0.05) is 17.8 Å². The van der Waals surface area contributed by atoms with E-state index in [4.69, 9.17) is 16.3 Å². The van der Waals surface area contributed by atoms with Gasteiger partial charge in [-0.2, -0.15) is 0 Å². The molecule has 1 aromatic carbocycles. The van der Waals surface area contributed by atoms with E-state index in [2.05, 4.69) is 4.99 Å². The van der Waals surface area contributed by atoms with Crippen molar-refractivity contribution in [3.63, 3.8) is 0 Å². The van der Waals surface area contributed by atoms with E-state index < -0.39 is 11.9 Å². The van der Waals surface area contributed by atoms with E-state index in [1.54, 1.807) is 31.2 Å². The van der Waals surface area contributed by atoms with Crippen LogP contribution in [0.25, 0.3) is 0 Å². The Balaban J connectivity index is 2.22. The number of halogens is 1. The summed E-state index contributed by atoms with van der Waals surface area (Å²) >= 11 is 6.00. The fraction of sp³-hybridized carbons (Fsp3) is 0.400. The van der Waals surface area contributed by atoms with Gasteiger partial charge < -0.3 is 4.74 Å². The largest absolute Gasteiger partial charge is 0.465 e. The predicted octanol–water partition coefficient (Wildman–Crippen LogP) is 2.94. The average Bonchev–Trinajstić information content (AvgIpc) is 3.23. The number of benzene rings is 1. The van der Waals surface area contributed by atoms with Crippen LogP contribution in [0, 0.1) is 5.92 Å². The van der Waals surface area contributed by atoms with Crippen LogP contribution in [0.5, 0.6) is 0 Å². The zero-order valence-corrected chi connectivity index (χ0v) is 12.0. The average molecular weight is 294 g/mol. The number of carbonyl (C=O) groups is 2. The summed E-state index contributed by atoms with van der Waals surface area (Å²) in [5, 5.41) is 0.326. The van der Waals surface area contributed by atoms with Gasteiger partial charge in [0.25, 0.3) is 0 Å². The molecule has 0 spiro atoms. The lowest BCUT2D eigenvalue weighted by Crippen LogP contribution is -2.28. The van der Waals surface area contributed by atoms with Crippen molar-refractivity contribution in [1.29, 1.82) is 0 Å². The summed E-state index contributed by atoms with van der Waals surface area (Å²) in [5.74, 6) is -1.98. The Morgan fingerprint density at radius 2 is 2.15 bits per heavy atom. The third-order valence-corrected chi connectivity index (χ3v) is 3.28. The van der Waals surface area contributed by atoms with E-state index in [1.165, 1.54) is 6.21 Å². The van der Waals surface area contributed by atoms with Gasteiger partial charge in [0.2, 0.25) is 0 Å². The number of aliphatic imine (C=N–C) groups is 1. The maximum absolute atomic E-state index is 12.4. The lowest BCUT2D eigenvalue weighted by Gasteiger charge is -2.11. The first-order chi connectivity index (χ1) is 9.63. The molecule has 1 aliphatic carbocycles. The van der Waals surface area contributed by atoms with E-state index in [-0.39, 0.29) is 18.4 Å². The van der Waals surface area contributed by atoms with Crippen molar-refractivity contribution < 1.29 is 14.3 Å². The first kappa shape index (κ1) is 14.7. The van der Waals surface area contributed by atoms with Gasteiger partial charge in [0.1, 0.15) is 0 Å². The number of nitrogens with zero attached hydrogens (tertiary/aromatic N) is 1. The van der Waals surface area contributed by atoms with E-state index in [0.717, 1.165) is 12.8 Å². The van der Waals surface area contributed by atoms with Crippen molar-refractivity contribution in [2.75, 3.05) is 6.61 Å². The Morgan fingerprint density at radius 1 is 1.45 bits per heavy atom. The van der Waals surface area contributed by atoms with Gasteiger partial charge in [-0.15, -0.1) is 0 Å². The molecule has 2 rings (SSSR count). The van der Waals surface area contributed by atoms with Crippen LogP contribution in [0.15, 0.2) is 29.3 Å². The molecule has 1 unspecified atom stereocenters. The van der Waals surface area contributed by atoms with Gasteiger partial charge in [-0.05, 0) is 31.9 Å². The second-order valence-electron chi connectivity index (χ2n) is 4.60. The van der Waals surface area contributed by atoms with Gasteiger partial charge in [-0.3, -0.25) is 14.6 Å². The molecule has 1 aliphatic rings. The molecule has 0 heterocycles. The third-order valence-electron chi connectivity index (χ3n) is 2.96. The normalized spacial score (nSPS) is 16.1. The summed E-state index contributed by atoms with van der Waals surface area (Å²) in [6, 6.07) is 6.90. The molecule has 1 atom stereocenters. The molecule has 106 valence electrons. The number of hydrogen-bond donors (Lipinski definition) is 0. The van der Waals surface area contributed by atoms with Crippen molar-refractivity contribution in [3.05, 3.63) is 34.9 Å². The number of carbonyl (C=O) groups excluding carboxylic acids is 2. The number of esters is 1. The monoisotopic (exact) mass is 293 g/mol. The van der Waals surface area contributed by atoms with Crippen molar-refractivity contribution in [3.8, 4) is 0 Å². The van der Waals surface area contributed by atoms with Gasteiger partial charge in [0.15, 0.2) is 11.7 Å². The Hall–Kier alpha value is -1.68. The molecule has 20 heavy (non-hydrogen) atoms. The third kappa shape index (κ3) is 3.67. The fourth-order valence-corrected chi connectivity index (χ4v) is 1.96. The van der Waals surface area contributed by atoms with Crippen LogP contribution in [0.3, 0.4) is 0 Å². The smallest absolute Gasteiger partial charge is 0.322 e. The maximum atomic E-state index is 12.4. The number of ketones is 1. The second-order valence-corrected chi connectivity index (χ2v) is 5.01. The van der Waals surface area contributed by atoms with E-state index >= 15 is 0 Å². The van der Waals surface area contributed by atoms with E-state index in [9.17, 15) is 9.59 Å². The SMILES string of the molecule is CCOC(=O)C(C=NC1CC1)C(=O)c1ccccc1Cl. The van der Waals surface area contributed by atoms with Gasteiger partial charge in [-0.1, -0.05) is 23.7 Å². The highest BCUT2D eigenvalue weighted by atomic mass is 35.5. The number of ether oxygens (including phenoxy) is 1. The molecular weight excluding hydrogens is 278 g/mol. The Bertz CT molecular complexity index is 538. The molecule has 1 saturated carbocycles. The van der Waals surface area contributed by atoms with Crippen molar-refractivity contribution >= 4 is 29.6 Å². The van der Waals surface area contributed by atoms with E-state index in [1.807, 2.05) is 0 Å². The van der Waals surface area contributed by atoms with Crippen LogP contribution in [0.2, 0.25) is 5.02 Å². The summed E-state index contributed by atoms with van der Waals surface area (Å²) in [7, 11) is 0. The Morgan fingerprint density at radius 3 is 2.75 bits per heavy atom. The fourth-order valence-electron chi connectivity index (χ4n) is 1.73. The highest BCUT2D eigenvalue weighted by Crippen LogP contribution is 2.24. The molecule has 0 aromatic heterocycles. The minimum atomic E-state index is -1.02. The first-order valence-electron chi connectivity index (χ1n) is 6.62. The predicted molar refractivity (Wildman–Crippen MR) is 77.4 cm³/mol. The number of Topliss-reactive ketones (excluding diaryl/α,β-unsaturated/α-hetero) is 1. The molecule has 0 N–H and O–H groups in total. The summed E-state index contributed by atoms with van der Waals surface area (Å²) in [6.45, 7) is 1.93. The van der Waals surface area contributed by atoms with Gasteiger partial charge in [0.05, 0.1) is 11.6 Å². The lowest BCUT2D eigenvalue weighted by atomic mass is 9.98. The standard InChI is InChI=1S/C15H16ClNO3/c1-2-20-15(19)12(9-17-10-7-8-10)14(18)11-5-3-4-6-13(11)16/h3-6,9-10,12H,2,7-8H2,1H3. The molecule has 0 aliphatic heterocycles. The summed E-state index contributed by atoms with van der Waals surface area (Å²) < 4.78 is 4.95. The Labute approximate surface area is 122 Å². The zero-order valence-electron chi connectivity index (χ0n) is 11.2. The summed E-state index contributed by atoms with van der Waals surface area (Å²) in [4.78, 5) is 28.6. The van der Waals surface area contributed by atoms with Crippen LogP contribution >= 0.6 is 11.6 Å². The first-order valence-corrected chi connectivity index (χ1v) is 7.00. The number of rotatable bonds is 6. The lowest BCUT2D eigenvalue weighted by molar-refractivity contribution is -0.143. The Kier molecular flexibility index (Phi) is 4.90. The molecule has 5 heteroatoms. The van der Waals surface area contributed by atoms with Crippen LogP contribution in [-0.2, 0) is 9.53 Å². The van der Waals surface area contributed by atoms with Crippen molar-refractivity contribution in [2.45, 2.75) is 25.8 Å². The minimum absolute atomic E-state index is 0.225. The topological polar surface area (TPSA) is 55.7 Å². The maximum Gasteiger partial charge on any atom is 0.322 e. The molecule has 0 saturated heterocycles. The quantitative estimate of drug-likeness (QED) is 0.351.